The number of aromatic nitrogens is 3. The summed E-state index contributed by atoms with van der Waals surface area (Å²) < 4.78 is 0. The van der Waals surface area contributed by atoms with E-state index < -0.39 is 0 Å². The fourth-order valence-electron chi connectivity index (χ4n) is 2.08. The lowest BCUT2D eigenvalue weighted by molar-refractivity contribution is 1.04. The number of H-pyrrole nitrogens is 1. The van der Waals surface area contributed by atoms with Gasteiger partial charge in [-0.05, 0) is 35.4 Å². The minimum atomic E-state index is 0.641. The van der Waals surface area contributed by atoms with Crippen molar-refractivity contribution in [2.75, 3.05) is 10.6 Å². The molecule has 0 saturated carbocycles. The van der Waals surface area contributed by atoms with E-state index in [0.29, 0.717) is 29.1 Å². The summed E-state index contributed by atoms with van der Waals surface area (Å²) >= 11 is 12.1. The summed E-state index contributed by atoms with van der Waals surface area (Å²) in [6, 6.07) is 13.7. The van der Waals surface area contributed by atoms with E-state index in [4.69, 9.17) is 23.2 Å². The van der Waals surface area contributed by atoms with Crippen molar-refractivity contribution in [3.63, 3.8) is 0 Å². The Balaban J connectivity index is 1.54. The molecule has 5 nitrogen and oxygen atoms in total. The Labute approximate surface area is 144 Å². The topological polar surface area (TPSA) is 65.6 Å². The molecule has 3 aromatic rings. The summed E-state index contributed by atoms with van der Waals surface area (Å²) in [5.41, 5.74) is 3.18. The van der Waals surface area contributed by atoms with Crippen molar-refractivity contribution in [3.05, 3.63) is 70.0 Å². The maximum absolute atomic E-state index is 6.16. The molecule has 0 aliphatic heterocycles. The molecule has 3 N–H and O–H groups in total. The first-order chi connectivity index (χ1) is 11.2. The van der Waals surface area contributed by atoms with E-state index in [1.54, 1.807) is 6.07 Å². The second-order valence-corrected chi connectivity index (χ2v) is 5.82. The fourth-order valence-corrected chi connectivity index (χ4v) is 2.55. The summed E-state index contributed by atoms with van der Waals surface area (Å²) in [6.07, 6.45) is 1.47. The van der Waals surface area contributed by atoms with E-state index >= 15 is 0 Å². The second kappa shape index (κ2) is 7.35. The number of hydrogen-bond acceptors (Lipinski definition) is 4. The van der Waals surface area contributed by atoms with Gasteiger partial charge >= 0.3 is 0 Å². The standard InChI is InChI=1S/C16H15Cl2N5/c17-13-4-3-12(15(18)7-13)9-19-14-5-1-11(2-6-14)8-20-16-21-10-22-23-16/h1-7,10,19H,8-9H2,(H2,20,21,22,23). The van der Waals surface area contributed by atoms with Crippen LogP contribution in [-0.4, -0.2) is 15.2 Å². The molecular formula is C16H15Cl2N5. The van der Waals surface area contributed by atoms with Crippen LogP contribution in [0.15, 0.2) is 48.8 Å². The average molecular weight is 348 g/mol. The number of halogens is 2. The van der Waals surface area contributed by atoms with E-state index in [0.717, 1.165) is 16.8 Å². The summed E-state index contributed by atoms with van der Waals surface area (Å²) in [6.45, 7) is 1.32. The summed E-state index contributed by atoms with van der Waals surface area (Å²) in [4.78, 5) is 4.01. The first kappa shape index (κ1) is 15.6. The first-order valence-corrected chi connectivity index (χ1v) is 7.82. The molecule has 0 fully saturated rings. The zero-order valence-electron chi connectivity index (χ0n) is 12.2. The summed E-state index contributed by atoms with van der Waals surface area (Å²) in [5.74, 6) is 0.657. The second-order valence-electron chi connectivity index (χ2n) is 4.97. The van der Waals surface area contributed by atoms with Gasteiger partial charge in [-0.25, -0.2) is 10.1 Å². The van der Waals surface area contributed by atoms with Crippen molar-refractivity contribution in [2.45, 2.75) is 13.1 Å². The molecule has 0 radical (unpaired) electrons. The Morgan fingerprint density at radius 2 is 1.78 bits per heavy atom. The highest BCUT2D eigenvalue weighted by atomic mass is 35.5. The SMILES string of the molecule is Clc1ccc(CNc2ccc(CNc3ncn[nH]3)cc2)c(Cl)c1. The predicted molar refractivity (Wildman–Crippen MR) is 93.9 cm³/mol. The molecule has 118 valence electrons. The quantitative estimate of drug-likeness (QED) is 0.620. The van der Waals surface area contributed by atoms with Gasteiger partial charge in [-0.3, -0.25) is 0 Å². The van der Waals surface area contributed by atoms with Crippen LogP contribution in [0.5, 0.6) is 0 Å². The van der Waals surface area contributed by atoms with Gasteiger partial charge in [0.15, 0.2) is 0 Å². The van der Waals surface area contributed by atoms with Gasteiger partial charge in [0.2, 0.25) is 5.95 Å². The molecule has 7 heteroatoms. The van der Waals surface area contributed by atoms with Gasteiger partial charge in [-0.2, -0.15) is 5.10 Å². The van der Waals surface area contributed by atoms with Gasteiger partial charge in [0.1, 0.15) is 6.33 Å². The Morgan fingerprint density at radius 1 is 0.957 bits per heavy atom. The number of nitrogens with one attached hydrogen (secondary N) is 3. The van der Waals surface area contributed by atoms with E-state index in [1.807, 2.05) is 24.3 Å². The number of anilines is 2. The van der Waals surface area contributed by atoms with Crippen LogP contribution in [0.1, 0.15) is 11.1 Å². The number of benzene rings is 2. The van der Waals surface area contributed by atoms with Crippen molar-refractivity contribution in [1.29, 1.82) is 0 Å². The maximum atomic E-state index is 6.16. The fraction of sp³-hybridized carbons (Fsp3) is 0.125. The van der Waals surface area contributed by atoms with Crippen LogP contribution in [0, 0.1) is 0 Å². The normalized spacial score (nSPS) is 10.5. The lowest BCUT2D eigenvalue weighted by atomic mass is 10.2. The van der Waals surface area contributed by atoms with Gasteiger partial charge < -0.3 is 10.6 Å². The van der Waals surface area contributed by atoms with E-state index in [1.165, 1.54) is 6.33 Å². The minimum Gasteiger partial charge on any atom is -0.381 e. The number of aromatic amines is 1. The molecule has 0 unspecified atom stereocenters. The van der Waals surface area contributed by atoms with Crippen LogP contribution in [0.25, 0.3) is 0 Å². The highest BCUT2D eigenvalue weighted by molar-refractivity contribution is 6.35. The molecular weight excluding hydrogens is 333 g/mol. The third kappa shape index (κ3) is 4.37. The van der Waals surface area contributed by atoms with Crippen LogP contribution in [0.4, 0.5) is 11.6 Å². The first-order valence-electron chi connectivity index (χ1n) is 7.07. The third-order valence-electron chi connectivity index (χ3n) is 3.33. The van der Waals surface area contributed by atoms with Crippen LogP contribution in [-0.2, 0) is 13.1 Å². The molecule has 2 aromatic carbocycles. The molecule has 1 heterocycles. The van der Waals surface area contributed by atoms with Crippen molar-refractivity contribution in [1.82, 2.24) is 15.2 Å². The van der Waals surface area contributed by atoms with Crippen LogP contribution in [0.3, 0.4) is 0 Å². The number of nitrogens with zero attached hydrogens (tertiary/aromatic N) is 2. The monoisotopic (exact) mass is 347 g/mol. The van der Waals surface area contributed by atoms with E-state index in [2.05, 4.69) is 37.9 Å². The highest BCUT2D eigenvalue weighted by Gasteiger charge is 2.02. The Morgan fingerprint density at radius 3 is 2.48 bits per heavy atom. The van der Waals surface area contributed by atoms with Crippen molar-refractivity contribution in [2.24, 2.45) is 0 Å². The molecule has 0 saturated heterocycles. The predicted octanol–water partition coefficient (Wildman–Crippen LogP) is 4.34. The molecule has 0 aliphatic rings. The van der Waals surface area contributed by atoms with Gasteiger partial charge in [0, 0.05) is 28.8 Å². The van der Waals surface area contributed by atoms with E-state index in [-0.39, 0.29) is 0 Å². The number of hydrogen-bond donors (Lipinski definition) is 3. The van der Waals surface area contributed by atoms with E-state index in [9.17, 15) is 0 Å². The smallest absolute Gasteiger partial charge is 0.218 e. The molecule has 0 amide bonds. The summed E-state index contributed by atoms with van der Waals surface area (Å²) in [7, 11) is 0. The van der Waals surface area contributed by atoms with Crippen LogP contribution >= 0.6 is 23.2 Å². The van der Waals surface area contributed by atoms with Gasteiger partial charge in [0.25, 0.3) is 0 Å². The molecule has 0 aliphatic carbocycles. The largest absolute Gasteiger partial charge is 0.381 e. The molecule has 0 bridgehead atoms. The zero-order chi connectivity index (χ0) is 16.1. The van der Waals surface area contributed by atoms with Gasteiger partial charge in [-0.15, -0.1) is 0 Å². The molecule has 0 atom stereocenters. The van der Waals surface area contributed by atoms with Crippen molar-refractivity contribution in [3.8, 4) is 0 Å². The maximum Gasteiger partial charge on any atom is 0.218 e. The van der Waals surface area contributed by atoms with Crippen molar-refractivity contribution < 1.29 is 0 Å². The van der Waals surface area contributed by atoms with Crippen LogP contribution in [0.2, 0.25) is 10.0 Å². The molecule has 1 aromatic heterocycles. The Kier molecular flexibility index (Phi) is 5.00. The Hall–Kier alpha value is -2.24. The Bertz CT molecular complexity index is 757. The average Bonchev–Trinajstić information content (AvgIpc) is 3.07. The minimum absolute atomic E-state index is 0.641. The molecule has 0 spiro atoms. The highest BCUT2D eigenvalue weighted by Crippen LogP contribution is 2.22. The van der Waals surface area contributed by atoms with Crippen molar-refractivity contribution >= 4 is 34.8 Å². The lowest BCUT2D eigenvalue weighted by Crippen LogP contribution is -2.02. The lowest BCUT2D eigenvalue weighted by Gasteiger charge is -2.09. The number of rotatable bonds is 6. The third-order valence-corrected chi connectivity index (χ3v) is 3.91. The van der Waals surface area contributed by atoms with Gasteiger partial charge in [-0.1, -0.05) is 41.4 Å². The molecule has 23 heavy (non-hydrogen) atoms. The summed E-state index contributed by atoms with van der Waals surface area (Å²) in [5, 5.41) is 14.3. The van der Waals surface area contributed by atoms with Gasteiger partial charge in [0.05, 0.1) is 0 Å². The van der Waals surface area contributed by atoms with Crippen LogP contribution < -0.4 is 10.6 Å². The molecule has 3 rings (SSSR count). The zero-order valence-corrected chi connectivity index (χ0v) is 13.7.